The van der Waals surface area contributed by atoms with Crippen molar-refractivity contribution in [2.75, 3.05) is 0 Å². The van der Waals surface area contributed by atoms with Crippen LogP contribution in [-0.2, 0) is 9.53 Å². The topological polar surface area (TPSA) is 26.3 Å². The quantitative estimate of drug-likeness (QED) is 0.769. The van der Waals surface area contributed by atoms with Crippen molar-refractivity contribution in [2.45, 2.75) is 18.4 Å². The number of halogens is 1. The first-order chi connectivity index (χ1) is 9.24. The average molecular weight is 273 g/mol. The van der Waals surface area contributed by atoms with Crippen molar-refractivity contribution in [3.8, 4) is 0 Å². The molecule has 3 rings (SSSR count). The summed E-state index contributed by atoms with van der Waals surface area (Å²) >= 11 is 6.01. The lowest BCUT2D eigenvalue weighted by atomic mass is 9.89. The van der Waals surface area contributed by atoms with Crippen molar-refractivity contribution >= 4 is 17.6 Å². The highest BCUT2D eigenvalue weighted by atomic mass is 35.5. The molecule has 0 N–H and O–H groups in total. The van der Waals surface area contributed by atoms with Gasteiger partial charge in [-0.15, -0.1) is 0 Å². The molecule has 2 aromatic carbocycles. The Morgan fingerprint density at radius 3 is 2.47 bits per heavy atom. The average Bonchev–Trinajstić information content (AvgIpc) is 2.82. The third-order valence-corrected chi connectivity index (χ3v) is 3.65. The Labute approximate surface area is 117 Å². The van der Waals surface area contributed by atoms with Gasteiger partial charge in [-0.2, -0.15) is 0 Å². The lowest BCUT2D eigenvalue weighted by Crippen LogP contribution is -2.06. The van der Waals surface area contributed by atoms with E-state index in [9.17, 15) is 4.79 Å². The van der Waals surface area contributed by atoms with Crippen molar-refractivity contribution in [2.24, 2.45) is 0 Å². The van der Waals surface area contributed by atoms with Gasteiger partial charge in [0.1, 0.15) is 6.10 Å². The van der Waals surface area contributed by atoms with E-state index in [1.165, 1.54) is 0 Å². The number of benzene rings is 2. The van der Waals surface area contributed by atoms with Crippen molar-refractivity contribution in [1.29, 1.82) is 0 Å². The first-order valence-corrected chi connectivity index (χ1v) is 6.62. The third kappa shape index (κ3) is 2.49. The van der Waals surface area contributed by atoms with Gasteiger partial charge in [-0.3, -0.25) is 4.79 Å². The summed E-state index contributed by atoms with van der Waals surface area (Å²) in [7, 11) is 0. The highest BCUT2D eigenvalue weighted by Crippen LogP contribution is 2.42. The summed E-state index contributed by atoms with van der Waals surface area (Å²) in [4.78, 5) is 11.6. The molecule has 2 aromatic rings. The molecule has 2 nitrogen and oxygen atoms in total. The van der Waals surface area contributed by atoms with Crippen molar-refractivity contribution in [3.05, 3.63) is 70.7 Å². The maximum Gasteiger partial charge on any atom is 0.307 e. The first kappa shape index (κ1) is 12.2. The van der Waals surface area contributed by atoms with Gasteiger partial charge in [0.25, 0.3) is 0 Å². The fraction of sp³-hybridized carbons (Fsp3) is 0.188. The summed E-state index contributed by atoms with van der Waals surface area (Å²) in [6.45, 7) is 0. The van der Waals surface area contributed by atoms with Crippen LogP contribution in [0.2, 0.25) is 5.02 Å². The van der Waals surface area contributed by atoms with Crippen molar-refractivity contribution in [1.82, 2.24) is 0 Å². The van der Waals surface area contributed by atoms with E-state index in [0.717, 1.165) is 11.1 Å². The van der Waals surface area contributed by atoms with Gasteiger partial charge in [0.2, 0.25) is 0 Å². The highest BCUT2D eigenvalue weighted by molar-refractivity contribution is 6.30. The van der Waals surface area contributed by atoms with Crippen LogP contribution >= 0.6 is 11.6 Å². The molecular formula is C16H13ClO2. The summed E-state index contributed by atoms with van der Waals surface area (Å²) in [6, 6.07) is 17.5. The Bertz CT molecular complexity index is 595. The molecule has 2 unspecified atom stereocenters. The molecule has 0 amide bonds. The molecule has 3 heteroatoms. The predicted molar refractivity (Wildman–Crippen MR) is 74.1 cm³/mol. The lowest BCUT2D eigenvalue weighted by Gasteiger charge is -2.18. The van der Waals surface area contributed by atoms with Gasteiger partial charge in [-0.05, 0) is 23.3 Å². The number of hydrogen-bond acceptors (Lipinski definition) is 2. The zero-order valence-electron chi connectivity index (χ0n) is 10.3. The van der Waals surface area contributed by atoms with Crippen molar-refractivity contribution in [3.63, 3.8) is 0 Å². The van der Waals surface area contributed by atoms with Crippen molar-refractivity contribution < 1.29 is 9.53 Å². The Morgan fingerprint density at radius 1 is 1.00 bits per heavy atom. The molecule has 0 spiro atoms. The fourth-order valence-electron chi connectivity index (χ4n) is 2.54. The molecule has 0 bridgehead atoms. The number of cyclic esters (lactones) is 1. The zero-order valence-corrected chi connectivity index (χ0v) is 11.0. The summed E-state index contributed by atoms with van der Waals surface area (Å²) in [6.07, 6.45) is 0.176. The van der Waals surface area contributed by atoms with Crippen LogP contribution in [0.15, 0.2) is 54.6 Å². The second-order valence-corrected chi connectivity index (χ2v) is 5.12. The largest absolute Gasteiger partial charge is 0.457 e. The van der Waals surface area contributed by atoms with Gasteiger partial charge in [0.15, 0.2) is 0 Å². The number of carbonyl (C=O) groups is 1. The summed E-state index contributed by atoms with van der Waals surface area (Å²) in [5, 5.41) is 0.660. The molecule has 1 fully saturated rings. The van der Waals surface area contributed by atoms with E-state index in [1.807, 2.05) is 54.6 Å². The van der Waals surface area contributed by atoms with Crippen LogP contribution in [0.3, 0.4) is 0 Å². The van der Waals surface area contributed by atoms with Gasteiger partial charge in [-0.1, -0.05) is 54.1 Å². The number of rotatable bonds is 2. The van der Waals surface area contributed by atoms with Gasteiger partial charge < -0.3 is 4.74 Å². The fourth-order valence-corrected chi connectivity index (χ4v) is 2.73. The van der Waals surface area contributed by atoms with Crippen LogP contribution in [0.5, 0.6) is 0 Å². The van der Waals surface area contributed by atoms with E-state index >= 15 is 0 Å². The molecule has 0 saturated carbocycles. The molecule has 1 aliphatic rings. The minimum Gasteiger partial charge on any atom is -0.457 e. The third-order valence-electron chi connectivity index (χ3n) is 3.42. The van der Waals surface area contributed by atoms with E-state index in [4.69, 9.17) is 16.3 Å². The molecule has 0 aliphatic carbocycles. The summed E-state index contributed by atoms with van der Waals surface area (Å²) < 4.78 is 5.47. The minimum atomic E-state index is -0.242. The Morgan fingerprint density at radius 2 is 1.74 bits per heavy atom. The molecule has 0 aromatic heterocycles. The van der Waals surface area contributed by atoms with E-state index in [1.54, 1.807) is 0 Å². The Kier molecular flexibility index (Phi) is 3.26. The van der Waals surface area contributed by atoms with Gasteiger partial charge in [0.05, 0.1) is 6.42 Å². The van der Waals surface area contributed by atoms with Crippen LogP contribution in [-0.4, -0.2) is 5.97 Å². The second kappa shape index (κ2) is 5.06. The van der Waals surface area contributed by atoms with E-state index in [0.29, 0.717) is 11.4 Å². The van der Waals surface area contributed by atoms with Crippen LogP contribution in [0.4, 0.5) is 0 Å². The predicted octanol–water partition coefficient (Wildman–Crippen LogP) is 4.11. The number of carbonyl (C=O) groups excluding carboxylic acids is 1. The second-order valence-electron chi connectivity index (χ2n) is 4.69. The molecule has 2 atom stereocenters. The monoisotopic (exact) mass is 272 g/mol. The number of ether oxygens (including phenoxy) is 1. The zero-order chi connectivity index (χ0) is 13.2. The standard InChI is InChI=1S/C16H13ClO2/c17-13-8-4-7-12(9-13)16-14(10-15(18)19-16)11-5-2-1-3-6-11/h1-9,14,16H,10H2. The highest BCUT2D eigenvalue weighted by Gasteiger charge is 2.36. The lowest BCUT2D eigenvalue weighted by molar-refractivity contribution is -0.141. The number of esters is 1. The maximum atomic E-state index is 11.6. The van der Waals surface area contributed by atoms with Crippen LogP contribution in [0.1, 0.15) is 29.6 Å². The first-order valence-electron chi connectivity index (χ1n) is 6.24. The number of hydrogen-bond donors (Lipinski definition) is 0. The molecule has 1 aliphatic heterocycles. The van der Waals surface area contributed by atoms with Gasteiger partial charge >= 0.3 is 5.97 Å². The SMILES string of the molecule is O=C1CC(c2ccccc2)C(c2cccc(Cl)c2)O1. The normalized spacial score (nSPS) is 22.3. The minimum absolute atomic E-state index is 0.0622. The smallest absolute Gasteiger partial charge is 0.307 e. The Balaban J connectivity index is 1.97. The summed E-state index contributed by atoms with van der Waals surface area (Å²) in [5.74, 6) is -0.0917. The van der Waals surface area contributed by atoms with Crippen LogP contribution in [0, 0.1) is 0 Å². The maximum absolute atomic E-state index is 11.6. The van der Waals surface area contributed by atoms with Gasteiger partial charge in [0, 0.05) is 10.9 Å². The Hall–Kier alpha value is -1.80. The molecular weight excluding hydrogens is 260 g/mol. The molecule has 0 radical (unpaired) electrons. The summed E-state index contributed by atoms with van der Waals surface area (Å²) in [5.41, 5.74) is 2.07. The van der Waals surface area contributed by atoms with E-state index in [-0.39, 0.29) is 18.0 Å². The van der Waals surface area contributed by atoms with Crippen LogP contribution < -0.4 is 0 Å². The molecule has 1 saturated heterocycles. The van der Waals surface area contributed by atoms with E-state index < -0.39 is 0 Å². The molecule has 96 valence electrons. The van der Waals surface area contributed by atoms with E-state index in [2.05, 4.69) is 0 Å². The van der Waals surface area contributed by atoms with Crippen LogP contribution in [0.25, 0.3) is 0 Å². The molecule has 1 heterocycles. The van der Waals surface area contributed by atoms with Gasteiger partial charge in [-0.25, -0.2) is 0 Å². The molecule has 19 heavy (non-hydrogen) atoms.